The summed E-state index contributed by atoms with van der Waals surface area (Å²) in [5.74, 6) is -0.690. The molecule has 0 fully saturated rings. The highest BCUT2D eigenvalue weighted by molar-refractivity contribution is 5.87. The number of benzene rings is 2. The van der Waals surface area contributed by atoms with E-state index in [9.17, 15) is 9.18 Å². The van der Waals surface area contributed by atoms with E-state index in [4.69, 9.17) is 9.84 Å². The van der Waals surface area contributed by atoms with Crippen molar-refractivity contribution in [1.82, 2.24) is 0 Å². The Morgan fingerprint density at radius 3 is 2.57 bits per heavy atom. The summed E-state index contributed by atoms with van der Waals surface area (Å²) in [4.78, 5) is 10.7. The van der Waals surface area contributed by atoms with Gasteiger partial charge < -0.3 is 15.2 Å². The van der Waals surface area contributed by atoms with Crippen molar-refractivity contribution in [2.24, 2.45) is 0 Å². The molecule has 2 aromatic carbocycles. The van der Waals surface area contributed by atoms with E-state index in [0.29, 0.717) is 24.6 Å². The Bertz CT molecular complexity index is 626. The maximum Gasteiger partial charge on any atom is 0.335 e. The molecule has 0 aliphatic heterocycles. The molecule has 2 rings (SSSR count). The Morgan fingerprint density at radius 1 is 1.24 bits per heavy atom. The number of hydrogen-bond acceptors (Lipinski definition) is 3. The monoisotopic (exact) mass is 289 g/mol. The Labute approximate surface area is 122 Å². The van der Waals surface area contributed by atoms with Crippen molar-refractivity contribution in [3.8, 4) is 5.75 Å². The summed E-state index contributed by atoms with van der Waals surface area (Å²) in [5.41, 5.74) is 1.51. The molecule has 0 radical (unpaired) electrons. The minimum absolute atomic E-state index is 0.210. The Morgan fingerprint density at radius 2 is 1.95 bits per heavy atom. The van der Waals surface area contributed by atoms with Gasteiger partial charge in [0.25, 0.3) is 0 Å². The van der Waals surface area contributed by atoms with Gasteiger partial charge in [0.15, 0.2) is 0 Å². The van der Waals surface area contributed by atoms with E-state index in [2.05, 4.69) is 5.32 Å². The molecule has 0 spiro atoms. The molecule has 0 amide bonds. The molecule has 21 heavy (non-hydrogen) atoms. The lowest BCUT2D eigenvalue weighted by Crippen LogP contribution is -2.12. The normalized spacial score (nSPS) is 10.2. The van der Waals surface area contributed by atoms with Gasteiger partial charge in [0, 0.05) is 6.54 Å². The Balaban J connectivity index is 1.80. The number of aryl methyl sites for hydroxylation is 1. The second-order valence-electron chi connectivity index (χ2n) is 4.59. The van der Waals surface area contributed by atoms with Crippen LogP contribution in [0.1, 0.15) is 15.9 Å². The standard InChI is InChI=1S/C16H16FNO3/c1-11-2-7-15(14(17)10-11)18-8-9-21-13-5-3-12(4-6-13)16(19)20/h2-7,10,18H,8-9H2,1H3,(H,19,20). The third kappa shape index (κ3) is 4.21. The number of anilines is 1. The van der Waals surface area contributed by atoms with Crippen LogP contribution in [-0.4, -0.2) is 24.2 Å². The van der Waals surface area contributed by atoms with Crippen LogP contribution in [0.4, 0.5) is 10.1 Å². The predicted octanol–water partition coefficient (Wildman–Crippen LogP) is 3.32. The third-order valence-electron chi connectivity index (χ3n) is 2.91. The summed E-state index contributed by atoms with van der Waals surface area (Å²) < 4.78 is 19.0. The summed E-state index contributed by atoms with van der Waals surface area (Å²) in [6.45, 7) is 2.62. The fourth-order valence-corrected chi connectivity index (χ4v) is 1.81. The van der Waals surface area contributed by atoms with Crippen LogP contribution in [0.5, 0.6) is 5.75 Å². The molecule has 5 heteroatoms. The molecule has 2 aromatic rings. The van der Waals surface area contributed by atoms with Gasteiger partial charge in [-0.25, -0.2) is 9.18 Å². The number of ether oxygens (including phenoxy) is 1. The zero-order chi connectivity index (χ0) is 15.2. The number of hydrogen-bond donors (Lipinski definition) is 2. The van der Waals surface area contributed by atoms with Crippen LogP contribution in [0.2, 0.25) is 0 Å². The molecule has 0 heterocycles. The van der Waals surface area contributed by atoms with Crippen molar-refractivity contribution in [2.75, 3.05) is 18.5 Å². The molecular weight excluding hydrogens is 273 g/mol. The van der Waals surface area contributed by atoms with Crippen LogP contribution in [-0.2, 0) is 0 Å². The molecule has 2 N–H and O–H groups in total. The van der Waals surface area contributed by atoms with Crippen molar-refractivity contribution in [2.45, 2.75) is 6.92 Å². The molecule has 4 nitrogen and oxygen atoms in total. The number of carbonyl (C=O) groups is 1. The third-order valence-corrected chi connectivity index (χ3v) is 2.91. The number of nitrogens with one attached hydrogen (secondary N) is 1. The van der Waals surface area contributed by atoms with E-state index >= 15 is 0 Å². The van der Waals surface area contributed by atoms with Crippen LogP contribution in [0.3, 0.4) is 0 Å². The van der Waals surface area contributed by atoms with E-state index in [0.717, 1.165) is 5.56 Å². The average molecular weight is 289 g/mol. The number of carboxylic acids is 1. The van der Waals surface area contributed by atoms with Crippen LogP contribution >= 0.6 is 0 Å². The minimum atomic E-state index is -0.974. The van der Waals surface area contributed by atoms with Gasteiger partial charge in [0.1, 0.15) is 18.2 Å². The van der Waals surface area contributed by atoms with E-state index in [1.54, 1.807) is 18.2 Å². The lowest BCUT2D eigenvalue weighted by Gasteiger charge is -2.10. The molecule has 0 aliphatic carbocycles. The SMILES string of the molecule is Cc1ccc(NCCOc2ccc(C(=O)O)cc2)c(F)c1. The topological polar surface area (TPSA) is 58.6 Å². The quantitative estimate of drug-likeness (QED) is 0.801. The number of rotatable bonds is 6. The first kappa shape index (κ1) is 14.8. The zero-order valence-corrected chi connectivity index (χ0v) is 11.6. The zero-order valence-electron chi connectivity index (χ0n) is 11.6. The van der Waals surface area contributed by atoms with E-state index in [1.165, 1.54) is 18.2 Å². The first-order valence-electron chi connectivity index (χ1n) is 6.52. The molecule has 0 aromatic heterocycles. The number of carboxylic acid groups (broad SMARTS) is 1. The van der Waals surface area contributed by atoms with Crippen molar-refractivity contribution < 1.29 is 19.0 Å². The van der Waals surface area contributed by atoms with Gasteiger partial charge in [-0.05, 0) is 48.9 Å². The van der Waals surface area contributed by atoms with Crippen molar-refractivity contribution in [3.63, 3.8) is 0 Å². The summed E-state index contributed by atoms with van der Waals surface area (Å²) in [6.07, 6.45) is 0. The molecule has 110 valence electrons. The second-order valence-corrected chi connectivity index (χ2v) is 4.59. The lowest BCUT2D eigenvalue weighted by atomic mass is 10.2. The second kappa shape index (κ2) is 6.74. The van der Waals surface area contributed by atoms with Gasteiger partial charge in [0.2, 0.25) is 0 Å². The molecule has 0 unspecified atom stereocenters. The molecule has 0 aliphatic rings. The van der Waals surface area contributed by atoms with Crippen LogP contribution in [0.15, 0.2) is 42.5 Å². The van der Waals surface area contributed by atoms with Crippen LogP contribution in [0.25, 0.3) is 0 Å². The van der Waals surface area contributed by atoms with Gasteiger partial charge in [-0.2, -0.15) is 0 Å². The Hall–Kier alpha value is -2.56. The summed E-state index contributed by atoms with van der Waals surface area (Å²) in [7, 11) is 0. The average Bonchev–Trinajstić information content (AvgIpc) is 2.46. The molecule has 0 saturated heterocycles. The summed E-state index contributed by atoms with van der Waals surface area (Å²) in [6, 6.07) is 11.1. The maximum absolute atomic E-state index is 13.6. The van der Waals surface area contributed by atoms with Gasteiger partial charge in [0.05, 0.1) is 11.3 Å². The van der Waals surface area contributed by atoms with Crippen molar-refractivity contribution in [3.05, 3.63) is 59.4 Å². The highest BCUT2D eigenvalue weighted by atomic mass is 19.1. The van der Waals surface area contributed by atoms with Gasteiger partial charge in [-0.1, -0.05) is 6.07 Å². The molecular formula is C16H16FNO3. The largest absolute Gasteiger partial charge is 0.492 e. The fraction of sp³-hybridized carbons (Fsp3) is 0.188. The first-order valence-corrected chi connectivity index (χ1v) is 6.52. The molecule has 0 bridgehead atoms. The highest BCUT2D eigenvalue weighted by Gasteiger charge is 2.03. The Kier molecular flexibility index (Phi) is 4.77. The minimum Gasteiger partial charge on any atom is -0.492 e. The van der Waals surface area contributed by atoms with Gasteiger partial charge in [-0.15, -0.1) is 0 Å². The first-order chi connectivity index (χ1) is 10.1. The van der Waals surface area contributed by atoms with E-state index in [-0.39, 0.29) is 11.4 Å². The molecule has 0 saturated carbocycles. The maximum atomic E-state index is 13.6. The van der Waals surface area contributed by atoms with Crippen LogP contribution in [0, 0.1) is 12.7 Å². The summed E-state index contributed by atoms with van der Waals surface area (Å²) in [5, 5.41) is 11.7. The number of aromatic carboxylic acids is 1. The van der Waals surface area contributed by atoms with Gasteiger partial charge >= 0.3 is 5.97 Å². The van der Waals surface area contributed by atoms with Gasteiger partial charge in [-0.3, -0.25) is 0 Å². The fourth-order valence-electron chi connectivity index (χ4n) is 1.81. The van der Waals surface area contributed by atoms with Crippen molar-refractivity contribution in [1.29, 1.82) is 0 Å². The summed E-state index contributed by atoms with van der Waals surface area (Å²) >= 11 is 0. The van der Waals surface area contributed by atoms with Crippen molar-refractivity contribution >= 4 is 11.7 Å². The predicted molar refractivity (Wildman–Crippen MR) is 78.5 cm³/mol. The smallest absolute Gasteiger partial charge is 0.335 e. The lowest BCUT2D eigenvalue weighted by molar-refractivity contribution is 0.0697. The highest BCUT2D eigenvalue weighted by Crippen LogP contribution is 2.15. The number of halogens is 1. The van der Waals surface area contributed by atoms with Crippen LogP contribution < -0.4 is 10.1 Å². The molecule has 0 atom stereocenters. The van der Waals surface area contributed by atoms with E-state index < -0.39 is 5.97 Å². The van der Waals surface area contributed by atoms with E-state index in [1.807, 2.05) is 13.0 Å².